The number of halogens is 1. The van der Waals surface area contributed by atoms with E-state index in [0.29, 0.717) is 41.3 Å². The standard InChI is InChI=1S/C17H15NO2.C10H11NO.C7H5ClO/c1-11-9-16(19)15-10-13(7-8-14(11)15)18-17(20)12-5-3-2-4-6-12;1-6-4-10(12)9-5-7(11)2-3-8(6)9;8-7(9)6-4-2-1-3-5-6/h2-8,10-11H,9H2,1H3,(H,18,20);2-3,5-6H,4,11H2,1H3;1-5H. The van der Waals surface area contributed by atoms with Crippen molar-refractivity contribution in [3.8, 4) is 0 Å². The summed E-state index contributed by atoms with van der Waals surface area (Å²) in [6, 6.07) is 28.9. The summed E-state index contributed by atoms with van der Waals surface area (Å²) in [4.78, 5) is 45.7. The van der Waals surface area contributed by atoms with Crippen LogP contribution < -0.4 is 11.1 Å². The van der Waals surface area contributed by atoms with E-state index in [1.807, 2.05) is 55.5 Å². The highest BCUT2D eigenvalue weighted by atomic mass is 35.5. The van der Waals surface area contributed by atoms with Gasteiger partial charge in [-0.25, -0.2) is 0 Å². The number of rotatable bonds is 3. The molecule has 0 spiro atoms. The Morgan fingerprint density at radius 1 is 0.707 bits per heavy atom. The first-order valence-electron chi connectivity index (χ1n) is 13.3. The van der Waals surface area contributed by atoms with Crippen LogP contribution in [0.2, 0.25) is 0 Å². The monoisotopic (exact) mass is 566 g/mol. The van der Waals surface area contributed by atoms with Gasteiger partial charge in [0.2, 0.25) is 0 Å². The molecule has 208 valence electrons. The van der Waals surface area contributed by atoms with Crippen molar-refractivity contribution < 1.29 is 19.2 Å². The molecule has 2 atom stereocenters. The van der Waals surface area contributed by atoms with E-state index in [-0.39, 0.29) is 23.4 Å². The Kier molecular flexibility index (Phi) is 9.48. The number of Topliss-reactive ketones (excluding diaryl/α,β-unsaturated/α-hetero) is 2. The Bertz CT molecular complexity index is 1590. The third-order valence-electron chi connectivity index (χ3n) is 7.07. The maximum atomic E-state index is 12.1. The van der Waals surface area contributed by atoms with Gasteiger partial charge in [-0.3, -0.25) is 19.2 Å². The van der Waals surface area contributed by atoms with Crippen LogP contribution in [0.15, 0.2) is 97.1 Å². The minimum absolute atomic E-state index is 0.156. The van der Waals surface area contributed by atoms with E-state index in [9.17, 15) is 19.2 Å². The third-order valence-corrected chi connectivity index (χ3v) is 7.29. The van der Waals surface area contributed by atoms with E-state index in [4.69, 9.17) is 17.3 Å². The number of hydrogen-bond donors (Lipinski definition) is 2. The van der Waals surface area contributed by atoms with Gasteiger partial charge in [0, 0.05) is 46.5 Å². The summed E-state index contributed by atoms with van der Waals surface area (Å²) >= 11 is 5.16. The molecule has 41 heavy (non-hydrogen) atoms. The van der Waals surface area contributed by atoms with Crippen LogP contribution in [-0.2, 0) is 0 Å². The minimum atomic E-state index is -0.407. The molecule has 6 nitrogen and oxygen atoms in total. The summed E-state index contributed by atoms with van der Waals surface area (Å²) in [5.41, 5.74) is 11.9. The number of nitrogens with two attached hydrogens (primary N) is 1. The molecule has 0 radical (unpaired) electrons. The number of benzene rings is 4. The molecule has 7 heteroatoms. The number of ketones is 2. The summed E-state index contributed by atoms with van der Waals surface area (Å²) in [6.45, 7) is 4.12. The molecular weight excluding hydrogens is 536 g/mol. The lowest BCUT2D eigenvalue weighted by molar-refractivity contribution is 0.0982. The molecule has 3 N–H and O–H groups in total. The van der Waals surface area contributed by atoms with Crippen molar-refractivity contribution in [3.05, 3.63) is 130 Å². The fourth-order valence-corrected chi connectivity index (χ4v) is 5.03. The maximum Gasteiger partial charge on any atom is 0.255 e. The molecule has 0 aliphatic heterocycles. The Balaban J connectivity index is 0.000000156. The van der Waals surface area contributed by atoms with E-state index in [0.717, 1.165) is 22.3 Å². The summed E-state index contributed by atoms with van der Waals surface area (Å²) < 4.78 is 0. The first-order valence-corrected chi connectivity index (χ1v) is 13.7. The van der Waals surface area contributed by atoms with Crippen LogP contribution in [0.5, 0.6) is 0 Å². The number of hydrogen-bond acceptors (Lipinski definition) is 5. The molecule has 2 aliphatic rings. The molecule has 0 aromatic heterocycles. The molecule has 6 rings (SSSR count). The minimum Gasteiger partial charge on any atom is -0.399 e. The van der Waals surface area contributed by atoms with Crippen molar-refractivity contribution in [1.29, 1.82) is 0 Å². The van der Waals surface area contributed by atoms with E-state index < -0.39 is 5.24 Å². The topological polar surface area (TPSA) is 106 Å². The van der Waals surface area contributed by atoms with Gasteiger partial charge in [0.1, 0.15) is 0 Å². The van der Waals surface area contributed by atoms with Crippen molar-refractivity contribution in [2.75, 3.05) is 11.1 Å². The fraction of sp³-hybridized carbons (Fsp3) is 0.176. The number of carbonyl (C=O) groups is 4. The van der Waals surface area contributed by atoms with Gasteiger partial charge in [0.25, 0.3) is 11.1 Å². The Labute approximate surface area is 244 Å². The van der Waals surface area contributed by atoms with Crippen molar-refractivity contribution in [2.24, 2.45) is 0 Å². The summed E-state index contributed by atoms with van der Waals surface area (Å²) in [5, 5.41) is 2.43. The number of amides is 1. The molecule has 1 amide bonds. The number of fused-ring (bicyclic) bond motifs is 2. The molecular formula is C34H31ClN2O4. The molecule has 0 bridgehead atoms. The molecule has 4 aromatic rings. The van der Waals surface area contributed by atoms with Crippen LogP contribution in [0.3, 0.4) is 0 Å². The van der Waals surface area contributed by atoms with Crippen LogP contribution in [0.1, 0.15) is 91.1 Å². The van der Waals surface area contributed by atoms with Gasteiger partial charge in [0.15, 0.2) is 11.6 Å². The van der Waals surface area contributed by atoms with Gasteiger partial charge >= 0.3 is 0 Å². The van der Waals surface area contributed by atoms with Crippen LogP contribution in [0.4, 0.5) is 11.4 Å². The highest BCUT2D eigenvalue weighted by molar-refractivity contribution is 6.67. The Morgan fingerprint density at radius 2 is 1.20 bits per heavy atom. The van der Waals surface area contributed by atoms with Crippen molar-refractivity contribution in [1.82, 2.24) is 0 Å². The normalized spacial score (nSPS) is 16.4. The van der Waals surface area contributed by atoms with E-state index >= 15 is 0 Å². The lowest BCUT2D eigenvalue weighted by atomic mass is 10.0. The third kappa shape index (κ3) is 7.35. The Morgan fingerprint density at radius 3 is 1.71 bits per heavy atom. The number of carbonyl (C=O) groups excluding carboxylic acids is 4. The molecule has 2 unspecified atom stereocenters. The van der Waals surface area contributed by atoms with Gasteiger partial charge in [-0.2, -0.15) is 0 Å². The average Bonchev–Trinajstić information content (AvgIpc) is 3.42. The number of anilines is 2. The predicted molar refractivity (Wildman–Crippen MR) is 163 cm³/mol. The quantitative estimate of drug-likeness (QED) is 0.196. The van der Waals surface area contributed by atoms with E-state index in [1.54, 1.807) is 48.5 Å². The lowest BCUT2D eigenvalue weighted by Crippen LogP contribution is -2.12. The fourth-order valence-electron chi connectivity index (χ4n) is 4.91. The van der Waals surface area contributed by atoms with Crippen LogP contribution in [0, 0.1) is 0 Å². The van der Waals surface area contributed by atoms with E-state index in [1.165, 1.54) is 0 Å². The molecule has 0 fully saturated rings. The molecule has 2 aliphatic carbocycles. The number of nitrogen functional groups attached to an aromatic ring is 1. The largest absolute Gasteiger partial charge is 0.399 e. The van der Waals surface area contributed by atoms with Gasteiger partial charge in [-0.1, -0.05) is 74.5 Å². The smallest absolute Gasteiger partial charge is 0.255 e. The average molecular weight is 567 g/mol. The van der Waals surface area contributed by atoms with Crippen molar-refractivity contribution >= 4 is 45.7 Å². The second kappa shape index (κ2) is 13.2. The van der Waals surface area contributed by atoms with Crippen LogP contribution in [0.25, 0.3) is 0 Å². The molecule has 0 heterocycles. The summed E-state index contributed by atoms with van der Waals surface area (Å²) in [7, 11) is 0. The SMILES string of the molecule is CC1CC(=O)c2cc(N)ccc21.CC1CC(=O)c2cc(NC(=O)c3ccccc3)ccc21.O=C(Cl)c1ccccc1. The highest BCUT2D eigenvalue weighted by Crippen LogP contribution is 2.34. The first-order chi connectivity index (χ1) is 19.6. The second-order valence-electron chi connectivity index (χ2n) is 10.2. The zero-order valence-corrected chi connectivity index (χ0v) is 23.7. The summed E-state index contributed by atoms with van der Waals surface area (Å²) in [6.07, 6.45) is 1.20. The first kappa shape index (κ1) is 29.4. The lowest BCUT2D eigenvalue weighted by Gasteiger charge is -2.08. The van der Waals surface area contributed by atoms with Gasteiger partial charge in [-0.15, -0.1) is 0 Å². The predicted octanol–water partition coefficient (Wildman–Crippen LogP) is 7.65. The van der Waals surface area contributed by atoms with Crippen LogP contribution in [-0.4, -0.2) is 22.7 Å². The van der Waals surface area contributed by atoms with Crippen molar-refractivity contribution in [2.45, 2.75) is 38.5 Å². The van der Waals surface area contributed by atoms with E-state index in [2.05, 4.69) is 12.2 Å². The zero-order valence-electron chi connectivity index (χ0n) is 22.9. The molecule has 0 saturated heterocycles. The van der Waals surface area contributed by atoms with Crippen LogP contribution >= 0.6 is 11.6 Å². The molecule has 0 saturated carbocycles. The highest BCUT2D eigenvalue weighted by Gasteiger charge is 2.27. The van der Waals surface area contributed by atoms with Gasteiger partial charge in [0.05, 0.1) is 0 Å². The van der Waals surface area contributed by atoms with Gasteiger partial charge in [-0.05, 0) is 71.0 Å². The number of nitrogens with one attached hydrogen (secondary N) is 1. The van der Waals surface area contributed by atoms with Crippen molar-refractivity contribution in [3.63, 3.8) is 0 Å². The zero-order chi connectivity index (χ0) is 29.5. The molecule has 4 aromatic carbocycles. The van der Waals surface area contributed by atoms with Gasteiger partial charge < -0.3 is 11.1 Å². The maximum absolute atomic E-state index is 12.1. The Hall–Kier alpha value is -4.55. The summed E-state index contributed by atoms with van der Waals surface area (Å²) in [5.74, 6) is 0.863. The second-order valence-corrected chi connectivity index (χ2v) is 10.5.